The molecule has 2 aromatic carbocycles. The van der Waals surface area contributed by atoms with Crippen LogP contribution in [0.5, 0.6) is 5.75 Å². The van der Waals surface area contributed by atoms with Crippen molar-refractivity contribution < 1.29 is 17.4 Å². The van der Waals surface area contributed by atoms with Gasteiger partial charge in [0.2, 0.25) is 0 Å². The van der Waals surface area contributed by atoms with Crippen molar-refractivity contribution in [1.82, 2.24) is 0 Å². The Bertz CT molecular complexity index is 782. The molecule has 0 aliphatic carbocycles. The molecule has 2 aromatic rings. The van der Waals surface area contributed by atoms with Gasteiger partial charge in [-0.05, 0) is 50.2 Å². The average Bonchev–Trinajstić information content (AvgIpc) is 2.55. The van der Waals surface area contributed by atoms with Crippen LogP contribution in [-0.4, -0.2) is 20.6 Å². The fourth-order valence-electron chi connectivity index (χ4n) is 1.68. The quantitative estimate of drug-likeness (QED) is 0.354. The third-order valence-corrected chi connectivity index (χ3v) is 4.90. The first-order valence-corrected chi connectivity index (χ1v) is 9.00. The molecule has 122 valence electrons. The third-order valence-electron chi connectivity index (χ3n) is 2.90. The fraction of sp³-hybridized carbons (Fsp3) is 0.188. The van der Waals surface area contributed by atoms with Gasteiger partial charge in [-0.25, -0.2) is 0 Å². The average molecular weight is 351 g/mol. The smallest absolute Gasteiger partial charge is 0.358 e. The predicted molar refractivity (Wildman–Crippen MR) is 91.4 cm³/mol. The van der Waals surface area contributed by atoms with E-state index in [1.54, 1.807) is 19.1 Å². The van der Waals surface area contributed by atoms with Gasteiger partial charge in [0.05, 0.1) is 7.11 Å². The number of hydrogen-bond donors (Lipinski definition) is 0. The Morgan fingerprint density at radius 2 is 1.65 bits per heavy atom. The van der Waals surface area contributed by atoms with Gasteiger partial charge in [-0.15, -0.1) is 0 Å². The van der Waals surface area contributed by atoms with E-state index in [0.29, 0.717) is 10.8 Å². The van der Waals surface area contributed by atoms with Gasteiger partial charge in [-0.3, -0.25) is 4.28 Å². The van der Waals surface area contributed by atoms with Crippen LogP contribution in [0.1, 0.15) is 12.5 Å². The van der Waals surface area contributed by atoms with Gasteiger partial charge in [0.15, 0.2) is 0 Å². The van der Waals surface area contributed by atoms with Gasteiger partial charge in [0, 0.05) is 4.90 Å². The molecule has 0 saturated carbocycles. The summed E-state index contributed by atoms with van der Waals surface area (Å²) in [4.78, 5) is 0.984. The molecule has 5 nitrogen and oxygen atoms in total. The highest BCUT2D eigenvalue weighted by Gasteiger charge is 2.16. The molecular weight excluding hydrogens is 334 g/mol. The van der Waals surface area contributed by atoms with Crippen molar-refractivity contribution in [2.75, 3.05) is 7.11 Å². The highest BCUT2D eigenvalue weighted by molar-refractivity contribution is 8.13. The number of benzene rings is 2. The van der Waals surface area contributed by atoms with Crippen molar-refractivity contribution in [1.29, 1.82) is 0 Å². The fourth-order valence-corrected chi connectivity index (χ4v) is 3.18. The predicted octanol–water partition coefficient (Wildman–Crippen LogP) is 3.83. The molecule has 23 heavy (non-hydrogen) atoms. The summed E-state index contributed by atoms with van der Waals surface area (Å²) in [6, 6.07) is 13.8. The van der Waals surface area contributed by atoms with Crippen LogP contribution in [0.15, 0.2) is 63.5 Å². The lowest BCUT2D eigenvalue weighted by Gasteiger charge is -2.04. The lowest BCUT2D eigenvalue weighted by Crippen LogP contribution is -2.03. The molecule has 0 aliphatic heterocycles. The van der Waals surface area contributed by atoms with E-state index in [1.165, 1.54) is 31.0 Å². The summed E-state index contributed by atoms with van der Waals surface area (Å²) in [5.41, 5.74) is 1.15. The first-order chi connectivity index (χ1) is 10.9. The Balaban J connectivity index is 2.05. The number of methoxy groups -OCH3 is 1. The van der Waals surface area contributed by atoms with E-state index in [2.05, 4.69) is 5.16 Å². The Morgan fingerprint density at radius 1 is 1.04 bits per heavy atom. The first-order valence-electron chi connectivity index (χ1n) is 6.77. The molecule has 0 bridgehead atoms. The molecule has 7 heteroatoms. The van der Waals surface area contributed by atoms with Crippen LogP contribution in [0.25, 0.3) is 0 Å². The van der Waals surface area contributed by atoms with Crippen molar-refractivity contribution >= 4 is 26.9 Å². The monoisotopic (exact) mass is 351 g/mol. The molecule has 0 aliphatic rings. The van der Waals surface area contributed by atoms with Crippen molar-refractivity contribution in [3.8, 4) is 5.75 Å². The molecule has 0 heterocycles. The molecule has 0 aromatic heterocycles. The number of rotatable bonds is 5. The third kappa shape index (κ3) is 5.01. The summed E-state index contributed by atoms with van der Waals surface area (Å²) >= 11 is 1.33. The minimum absolute atomic E-state index is 0.0233. The minimum Gasteiger partial charge on any atom is -0.497 e. The van der Waals surface area contributed by atoms with Crippen molar-refractivity contribution in [2.45, 2.75) is 23.6 Å². The maximum Gasteiger partial charge on any atom is 0.358 e. The van der Waals surface area contributed by atoms with Gasteiger partial charge in [0.25, 0.3) is 0 Å². The molecule has 0 spiro atoms. The zero-order valence-corrected chi connectivity index (χ0v) is 14.6. The van der Waals surface area contributed by atoms with E-state index >= 15 is 0 Å². The maximum absolute atomic E-state index is 12.1. The van der Waals surface area contributed by atoms with E-state index in [-0.39, 0.29) is 4.90 Å². The second-order valence-electron chi connectivity index (χ2n) is 4.73. The van der Waals surface area contributed by atoms with Gasteiger partial charge in [-0.1, -0.05) is 34.6 Å². The summed E-state index contributed by atoms with van der Waals surface area (Å²) in [6.07, 6.45) is 0. The summed E-state index contributed by atoms with van der Waals surface area (Å²) in [6.45, 7) is 3.69. The van der Waals surface area contributed by atoms with E-state index in [0.717, 1.165) is 10.5 Å². The maximum atomic E-state index is 12.1. The zero-order chi connectivity index (χ0) is 16.9. The van der Waals surface area contributed by atoms with Crippen LogP contribution in [0, 0.1) is 6.92 Å². The lowest BCUT2D eigenvalue weighted by atomic mass is 10.2. The molecule has 0 N–H and O–H groups in total. The van der Waals surface area contributed by atoms with Gasteiger partial charge < -0.3 is 4.74 Å². The molecule has 0 fully saturated rings. The molecule has 2 rings (SSSR count). The normalized spacial score (nSPS) is 12.0. The minimum atomic E-state index is -3.94. The summed E-state index contributed by atoms with van der Waals surface area (Å²) < 4.78 is 33.8. The van der Waals surface area contributed by atoms with E-state index in [4.69, 9.17) is 9.02 Å². The number of aryl methyl sites for hydroxylation is 1. The van der Waals surface area contributed by atoms with Crippen LogP contribution in [0.3, 0.4) is 0 Å². The highest BCUT2D eigenvalue weighted by Crippen LogP contribution is 2.22. The summed E-state index contributed by atoms with van der Waals surface area (Å²) in [5.74, 6) is 0.568. The molecule has 0 saturated heterocycles. The second kappa shape index (κ2) is 7.52. The summed E-state index contributed by atoms with van der Waals surface area (Å²) in [7, 11) is -2.43. The van der Waals surface area contributed by atoms with E-state index in [1.807, 2.05) is 31.2 Å². The van der Waals surface area contributed by atoms with Gasteiger partial charge >= 0.3 is 10.1 Å². The molecule has 0 radical (unpaired) electrons. The van der Waals surface area contributed by atoms with Crippen molar-refractivity contribution in [2.24, 2.45) is 5.16 Å². The van der Waals surface area contributed by atoms with Crippen LogP contribution >= 0.6 is 11.8 Å². The number of thioether (sulfide) groups is 1. The largest absolute Gasteiger partial charge is 0.497 e. The number of ether oxygens (including phenoxy) is 1. The molecular formula is C16H17NO4S2. The van der Waals surface area contributed by atoms with Crippen LogP contribution in [-0.2, 0) is 14.4 Å². The Hall–Kier alpha value is -1.99. The van der Waals surface area contributed by atoms with E-state index in [9.17, 15) is 8.42 Å². The molecule has 0 atom stereocenters. The van der Waals surface area contributed by atoms with Gasteiger partial charge in [-0.2, -0.15) is 8.42 Å². The van der Waals surface area contributed by atoms with Crippen LogP contribution < -0.4 is 4.74 Å². The van der Waals surface area contributed by atoms with Crippen LogP contribution in [0.4, 0.5) is 0 Å². The van der Waals surface area contributed by atoms with E-state index < -0.39 is 10.1 Å². The summed E-state index contributed by atoms with van der Waals surface area (Å²) in [5, 5.41) is 4.18. The first kappa shape index (κ1) is 17.4. The second-order valence-corrected chi connectivity index (χ2v) is 7.52. The lowest BCUT2D eigenvalue weighted by molar-refractivity contribution is 0.340. The van der Waals surface area contributed by atoms with Crippen molar-refractivity contribution in [3.63, 3.8) is 0 Å². The number of hydrogen-bond acceptors (Lipinski definition) is 6. The standard InChI is InChI=1S/C16H17NO4S2/c1-12-4-8-15(9-5-12)22-13(2)17-21-23(18,19)16-10-6-14(20-3)7-11-16/h4-11H,1-3H3/b17-13-. The Kier molecular flexibility index (Phi) is 5.68. The Labute approximate surface area is 140 Å². The Morgan fingerprint density at radius 3 is 2.22 bits per heavy atom. The highest BCUT2D eigenvalue weighted by atomic mass is 32.2. The van der Waals surface area contributed by atoms with Crippen molar-refractivity contribution in [3.05, 3.63) is 54.1 Å². The molecule has 0 amide bonds. The molecule has 0 unspecified atom stereocenters. The number of oxime groups is 1. The topological polar surface area (TPSA) is 65.0 Å². The number of nitrogens with zero attached hydrogens (tertiary/aromatic N) is 1. The van der Waals surface area contributed by atoms with Crippen LogP contribution in [0.2, 0.25) is 0 Å². The SMILES string of the molecule is COc1ccc(S(=O)(=O)O/N=C(/C)Sc2ccc(C)cc2)cc1. The van der Waals surface area contributed by atoms with Gasteiger partial charge in [0.1, 0.15) is 15.7 Å². The zero-order valence-electron chi connectivity index (χ0n) is 13.0.